The van der Waals surface area contributed by atoms with E-state index < -0.39 is 23.8 Å². The van der Waals surface area contributed by atoms with Crippen molar-refractivity contribution in [3.05, 3.63) is 93.4 Å². The first-order valence-electron chi connectivity index (χ1n) is 11.7. The zero-order valence-electron chi connectivity index (χ0n) is 21.3. The lowest BCUT2D eigenvalue weighted by molar-refractivity contribution is -0.139. The zero-order chi connectivity index (χ0) is 28.1. The molecule has 0 aliphatic carbocycles. The minimum Gasteiger partial charge on any atom is -0.466 e. The molecule has 0 fully saturated rings. The van der Waals surface area contributed by atoms with Crippen LogP contribution in [0.3, 0.4) is 0 Å². The Morgan fingerprint density at radius 2 is 1.72 bits per heavy atom. The van der Waals surface area contributed by atoms with Crippen molar-refractivity contribution in [2.75, 3.05) is 24.4 Å². The van der Waals surface area contributed by atoms with Crippen LogP contribution < -0.4 is 16.0 Å². The molecule has 1 aromatic heterocycles. The van der Waals surface area contributed by atoms with Gasteiger partial charge in [-0.05, 0) is 24.1 Å². The van der Waals surface area contributed by atoms with Crippen LogP contribution in [0.2, 0.25) is 0 Å². The molecule has 198 valence electrons. The van der Waals surface area contributed by atoms with E-state index in [1.165, 1.54) is 35.5 Å². The van der Waals surface area contributed by atoms with Crippen molar-refractivity contribution >= 4 is 40.0 Å². The summed E-state index contributed by atoms with van der Waals surface area (Å²) >= 11 is 1.23. The Labute approximate surface area is 228 Å². The number of methoxy groups -OCH3 is 2. The van der Waals surface area contributed by atoms with Gasteiger partial charge in [-0.15, -0.1) is 10.2 Å². The molecule has 0 bridgehead atoms. The number of amides is 1. The van der Waals surface area contributed by atoms with Crippen molar-refractivity contribution in [1.29, 1.82) is 5.26 Å². The number of para-hydroxylation sites is 1. The van der Waals surface area contributed by atoms with Gasteiger partial charge in [0.15, 0.2) is 0 Å². The van der Waals surface area contributed by atoms with Gasteiger partial charge >= 0.3 is 11.9 Å². The Kier molecular flexibility index (Phi) is 8.02. The summed E-state index contributed by atoms with van der Waals surface area (Å²) in [6, 6.07) is 17.0. The molecule has 39 heavy (non-hydrogen) atoms. The quantitative estimate of drug-likeness (QED) is 0.423. The number of nitrogens with one attached hydrogen (secondary N) is 1. The summed E-state index contributed by atoms with van der Waals surface area (Å²) in [5.74, 6) is -3.52. The van der Waals surface area contributed by atoms with Crippen LogP contribution in [0.1, 0.15) is 33.8 Å². The monoisotopic (exact) mass is 544 g/mol. The van der Waals surface area contributed by atoms with Gasteiger partial charge in [-0.1, -0.05) is 60.7 Å². The van der Waals surface area contributed by atoms with Gasteiger partial charge in [-0.25, -0.2) is 9.59 Å². The fourth-order valence-corrected chi connectivity index (χ4v) is 4.91. The van der Waals surface area contributed by atoms with Crippen LogP contribution in [0.5, 0.6) is 0 Å². The number of rotatable bonds is 7. The second-order valence-corrected chi connectivity index (χ2v) is 9.22. The first-order chi connectivity index (χ1) is 18.9. The molecule has 1 atom stereocenters. The average Bonchev–Trinajstić information content (AvgIpc) is 3.43. The number of hydrogen-bond acceptors (Lipinski definition) is 11. The summed E-state index contributed by atoms with van der Waals surface area (Å²) in [4.78, 5) is 41.1. The third kappa shape index (κ3) is 5.07. The number of carbonyl (C=O) groups excluding carboxylic acids is 3. The van der Waals surface area contributed by atoms with Crippen LogP contribution >= 0.6 is 11.3 Å². The Morgan fingerprint density at radius 1 is 1.05 bits per heavy atom. The third-order valence-corrected chi connectivity index (χ3v) is 6.97. The van der Waals surface area contributed by atoms with Crippen LogP contribution in [0, 0.1) is 11.3 Å². The minimum atomic E-state index is -1.02. The van der Waals surface area contributed by atoms with E-state index in [9.17, 15) is 19.6 Å². The Hall–Kier alpha value is -5.02. The molecule has 0 saturated carbocycles. The number of allylic oxidation sites excluding steroid dienone is 1. The molecule has 4 rings (SSSR count). The number of esters is 2. The molecule has 1 aliphatic heterocycles. The van der Waals surface area contributed by atoms with Crippen LogP contribution in [-0.2, 0) is 25.5 Å². The molecule has 1 aliphatic rings. The van der Waals surface area contributed by atoms with Crippen molar-refractivity contribution in [1.82, 2.24) is 10.2 Å². The van der Waals surface area contributed by atoms with E-state index in [0.29, 0.717) is 12.0 Å². The van der Waals surface area contributed by atoms with Gasteiger partial charge in [-0.3, -0.25) is 15.0 Å². The first-order valence-corrected chi connectivity index (χ1v) is 12.6. The fourth-order valence-electron chi connectivity index (χ4n) is 4.24. The van der Waals surface area contributed by atoms with Crippen molar-refractivity contribution < 1.29 is 23.9 Å². The maximum absolute atomic E-state index is 13.4. The van der Waals surface area contributed by atoms with E-state index in [-0.39, 0.29) is 39.0 Å². The maximum Gasteiger partial charge on any atom is 0.355 e. The van der Waals surface area contributed by atoms with Gasteiger partial charge < -0.3 is 15.2 Å². The number of nitrogens with zero attached hydrogens (tertiary/aromatic N) is 4. The Bertz CT molecular complexity index is 1540. The number of aryl methyl sites for hydroxylation is 1. The van der Waals surface area contributed by atoms with E-state index >= 15 is 0 Å². The predicted molar refractivity (Wildman–Crippen MR) is 143 cm³/mol. The van der Waals surface area contributed by atoms with Gasteiger partial charge in [0.05, 0.1) is 48.6 Å². The highest BCUT2D eigenvalue weighted by atomic mass is 32.1. The lowest BCUT2D eigenvalue weighted by atomic mass is 9.80. The van der Waals surface area contributed by atoms with Crippen LogP contribution in [0.15, 0.2) is 77.3 Å². The van der Waals surface area contributed by atoms with Crippen molar-refractivity contribution in [3.8, 4) is 6.07 Å². The normalized spacial score (nSPS) is 15.0. The summed E-state index contributed by atoms with van der Waals surface area (Å²) in [5.41, 5.74) is 6.87. The largest absolute Gasteiger partial charge is 0.466 e. The van der Waals surface area contributed by atoms with Gasteiger partial charge in [0, 0.05) is 0 Å². The average molecular weight is 545 g/mol. The number of hydrogen-bond donors (Lipinski definition) is 2. The van der Waals surface area contributed by atoms with Crippen molar-refractivity contribution in [2.45, 2.75) is 19.3 Å². The highest BCUT2D eigenvalue weighted by Gasteiger charge is 2.43. The first kappa shape index (κ1) is 27.0. The minimum absolute atomic E-state index is 0.0128. The van der Waals surface area contributed by atoms with E-state index in [0.717, 1.165) is 12.1 Å². The summed E-state index contributed by atoms with van der Waals surface area (Å²) in [6.07, 6.45) is 0.655. The van der Waals surface area contributed by atoms with Gasteiger partial charge in [-0.2, -0.15) is 5.26 Å². The van der Waals surface area contributed by atoms with E-state index in [1.807, 2.05) is 6.92 Å². The highest BCUT2D eigenvalue weighted by Crippen LogP contribution is 2.44. The molecule has 12 heteroatoms. The lowest BCUT2D eigenvalue weighted by Gasteiger charge is -2.36. The SMILES string of the molecule is CCc1nnc(NC(=O)c2ccccc2N2C(N)=C(C#N)C(c3ccccc3)C(C(=O)OC)=C2C(=O)OC)s1. The standard InChI is InChI=1S/C27H24N6O5S/c1-4-19-31-32-27(39-19)30-24(34)16-12-8-9-13-18(16)33-22(26(36)38-3)21(25(35)37-2)20(17(14-28)23(33)29)15-10-6-5-7-11-15/h5-13,20H,4,29H2,1-3H3,(H,30,32,34). The summed E-state index contributed by atoms with van der Waals surface area (Å²) in [5, 5.41) is 21.9. The molecule has 2 heterocycles. The zero-order valence-corrected chi connectivity index (χ0v) is 22.1. The molecule has 0 spiro atoms. The molecular weight excluding hydrogens is 520 g/mol. The number of carbonyl (C=O) groups is 3. The fraction of sp³-hybridized carbons (Fsp3) is 0.185. The molecule has 3 N–H and O–H groups in total. The van der Waals surface area contributed by atoms with Crippen LogP contribution in [0.4, 0.5) is 10.8 Å². The predicted octanol–water partition coefficient (Wildman–Crippen LogP) is 3.25. The van der Waals surface area contributed by atoms with Crippen molar-refractivity contribution in [2.24, 2.45) is 5.73 Å². The Balaban J connectivity index is 1.96. The lowest BCUT2D eigenvalue weighted by Crippen LogP contribution is -2.41. The molecule has 2 aromatic carbocycles. The maximum atomic E-state index is 13.4. The number of anilines is 2. The van der Waals surface area contributed by atoms with E-state index in [2.05, 4.69) is 21.6 Å². The van der Waals surface area contributed by atoms with Gasteiger partial charge in [0.1, 0.15) is 16.5 Å². The summed E-state index contributed by atoms with van der Waals surface area (Å²) < 4.78 is 10.1. The second-order valence-electron chi connectivity index (χ2n) is 8.16. The molecular formula is C27H24N6O5S. The highest BCUT2D eigenvalue weighted by molar-refractivity contribution is 7.15. The summed E-state index contributed by atoms with van der Waals surface area (Å²) in [7, 11) is 2.32. The molecule has 0 saturated heterocycles. The third-order valence-electron chi connectivity index (χ3n) is 5.99. The van der Waals surface area contributed by atoms with Gasteiger partial charge in [0.2, 0.25) is 5.13 Å². The number of nitriles is 1. The number of ether oxygens (including phenoxy) is 2. The number of nitrogens with two attached hydrogens (primary N) is 1. The second kappa shape index (κ2) is 11.6. The summed E-state index contributed by atoms with van der Waals surface area (Å²) in [6.45, 7) is 1.92. The van der Waals surface area contributed by atoms with Crippen LogP contribution in [0.25, 0.3) is 0 Å². The molecule has 11 nitrogen and oxygen atoms in total. The molecule has 1 amide bonds. The molecule has 1 unspecified atom stereocenters. The smallest absolute Gasteiger partial charge is 0.355 e. The molecule has 3 aromatic rings. The van der Waals surface area contributed by atoms with Crippen molar-refractivity contribution in [3.63, 3.8) is 0 Å². The van der Waals surface area contributed by atoms with Gasteiger partial charge in [0.25, 0.3) is 5.91 Å². The van der Waals surface area contributed by atoms with E-state index in [4.69, 9.17) is 15.2 Å². The molecule has 0 radical (unpaired) electrons. The van der Waals surface area contributed by atoms with Crippen LogP contribution in [-0.4, -0.2) is 42.3 Å². The topological polar surface area (TPSA) is 161 Å². The Morgan fingerprint density at radius 3 is 2.33 bits per heavy atom. The number of aromatic nitrogens is 2. The van der Waals surface area contributed by atoms with E-state index in [1.54, 1.807) is 42.5 Å². The number of benzene rings is 2.